The van der Waals surface area contributed by atoms with Crippen LogP contribution in [-0.4, -0.2) is 99.6 Å². The number of hydrogen-bond donors (Lipinski definition) is 2. The molecule has 43 heavy (non-hydrogen) atoms. The number of carboxylic acid groups (broad SMARTS) is 1. The minimum atomic E-state index is -1.22. The van der Waals surface area contributed by atoms with Crippen molar-refractivity contribution in [3.8, 4) is 0 Å². The number of esters is 1. The zero-order valence-corrected chi connectivity index (χ0v) is 26.2. The molecule has 0 radical (unpaired) electrons. The van der Waals surface area contributed by atoms with Gasteiger partial charge in [-0.05, 0) is 39.1 Å². The highest BCUT2D eigenvalue weighted by molar-refractivity contribution is 7.80. The average Bonchev–Trinajstić information content (AvgIpc) is 3.60. The van der Waals surface area contributed by atoms with Gasteiger partial charge in [0.05, 0.1) is 28.7 Å². The number of amidine groups is 1. The van der Waals surface area contributed by atoms with Crippen molar-refractivity contribution >= 4 is 58.0 Å². The largest absolute Gasteiger partial charge is 0.481 e. The van der Waals surface area contributed by atoms with Crippen molar-refractivity contribution in [2.75, 3.05) is 45.9 Å². The highest BCUT2D eigenvalue weighted by Crippen LogP contribution is 2.38. The Bertz CT molecular complexity index is 1500. The Kier molecular flexibility index (Phi) is 9.02. The number of rotatable bonds is 9. The van der Waals surface area contributed by atoms with Crippen LogP contribution >= 0.6 is 35.2 Å². The number of carbonyl (C=O) groups excluding carboxylic acids is 1. The van der Waals surface area contributed by atoms with Gasteiger partial charge >= 0.3 is 11.9 Å². The van der Waals surface area contributed by atoms with Crippen LogP contribution in [0.1, 0.15) is 37.4 Å². The van der Waals surface area contributed by atoms with E-state index in [9.17, 15) is 23.5 Å². The molecule has 0 saturated carbocycles. The zero-order valence-electron chi connectivity index (χ0n) is 23.8. The van der Waals surface area contributed by atoms with Crippen molar-refractivity contribution in [3.63, 3.8) is 0 Å². The van der Waals surface area contributed by atoms with Crippen molar-refractivity contribution in [2.45, 2.75) is 32.9 Å². The van der Waals surface area contributed by atoms with E-state index in [0.717, 1.165) is 6.07 Å². The summed E-state index contributed by atoms with van der Waals surface area (Å²) < 4.78 is 34.0. The molecule has 2 N–H and O–H groups in total. The smallest absolute Gasteiger partial charge is 0.338 e. The minimum Gasteiger partial charge on any atom is -0.481 e. The first-order chi connectivity index (χ1) is 20.4. The molecule has 3 aliphatic heterocycles. The predicted molar refractivity (Wildman–Crippen MR) is 162 cm³/mol. The van der Waals surface area contributed by atoms with Gasteiger partial charge in [-0.2, -0.15) is 0 Å². The number of aliphatic imine (C=N–C) groups is 1. The number of benzene rings is 1. The van der Waals surface area contributed by atoms with E-state index in [1.807, 2.05) is 4.90 Å². The number of thiocarbonyl (C=S) groups is 1. The lowest BCUT2D eigenvalue weighted by atomic mass is 9.93. The second-order valence-corrected chi connectivity index (χ2v) is 12.8. The molecule has 2 atom stereocenters. The predicted octanol–water partition coefficient (Wildman–Crippen LogP) is 3.68. The first kappa shape index (κ1) is 31.2. The summed E-state index contributed by atoms with van der Waals surface area (Å²) in [6.07, 6.45) is 1.62. The van der Waals surface area contributed by atoms with E-state index < -0.39 is 40.1 Å². The molecule has 0 spiro atoms. The van der Waals surface area contributed by atoms with E-state index in [2.05, 4.69) is 20.1 Å². The third-order valence-electron chi connectivity index (χ3n) is 7.68. The van der Waals surface area contributed by atoms with Crippen LogP contribution in [0.5, 0.6) is 0 Å². The summed E-state index contributed by atoms with van der Waals surface area (Å²) >= 11 is 13.3. The molecular formula is C28H31ClF2N6O4S2. The number of nitrogens with one attached hydrogen (secondary N) is 1. The lowest BCUT2D eigenvalue weighted by Gasteiger charge is -2.38. The number of fused-ring (bicyclic) bond motifs is 1. The van der Waals surface area contributed by atoms with Gasteiger partial charge in [-0.1, -0.05) is 17.7 Å². The van der Waals surface area contributed by atoms with Gasteiger partial charge in [0.15, 0.2) is 27.6 Å². The highest BCUT2D eigenvalue weighted by Gasteiger charge is 2.42. The van der Waals surface area contributed by atoms with Crippen LogP contribution in [0, 0.1) is 17.0 Å². The van der Waals surface area contributed by atoms with Gasteiger partial charge in [-0.15, -0.1) is 11.3 Å². The third kappa shape index (κ3) is 6.24. The number of ether oxygens (including phenoxy) is 1. The van der Waals surface area contributed by atoms with Gasteiger partial charge in [0.2, 0.25) is 0 Å². The molecule has 230 valence electrons. The second kappa shape index (κ2) is 12.4. The Balaban J connectivity index is 1.47. The summed E-state index contributed by atoms with van der Waals surface area (Å²) in [6, 6.07) is 1.22. The normalized spacial score (nSPS) is 21.1. The molecular weight excluding hydrogens is 622 g/mol. The zero-order chi connectivity index (χ0) is 31.1. The van der Waals surface area contributed by atoms with Crippen LogP contribution in [-0.2, 0) is 14.3 Å². The fourth-order valence-electron chi connectivity index (χ4n) is 5.48. The van der Waals surface area contributed by atoms with Gasteiger partial charge in [0.25, 0.3) is 0 Å². The van der Waals surface area contributed by atoms with Gasteiger partial charge in [-0.3, -0.25) is 14.7 Å². The molecule has 0 aliphatic carbocycles. The Morgan fingerprint density at radius 3 is 2.72 bits per heavy atom. The minimum absolute atomic E-state index is 0.0182. The number of nitrogens with zero attached hydrogens (tertiary/aromatic N) is 5. The van der Waals surface area contributed by atoms with E-state index >= 15 is 0 Å². The average molecular weight is 653 g/mol. The summed E-state index contributed by atoms with van der Waals surface area (Å²) in [5.74, 6) is -3.51. The number of hydrogen-bond acceptors (Lipinski definition) is 9. The Hall–Kier alpha value is -3.20. The maximum absolute atomic E-state index is 14.6. The fourth-order valence-corrected chi connectivity index (χ4v) is 6.71. The molecule has 15 heteroatoms. The van der Waals surface area contributed by atoms with E-state index in [1.54, 1.807) is 32.3 Å². The van der Waals surface area contributed by atoms with Crippen LogP contribution in [0.3, 0.4) is 0 Å². The Morgan fingerprint density at radius 1 is 1.28 bits per heavy atom. The van der Waals surface area contributed by atoms with Crippen LogP contribution in [0.25, 0.3) is 0 Å². The third-order valence-corrected chi connectivity index (χ3v) is 9.33. The van der Waals surface area contributed by atoms with Crippen molar-refractivity contribution < 1.29 is 28.2 Å². The van der Waals surface area contributed by atoms with Crippen LogP contribution in [0.2, 0.25) is 5.02 Å². The molecule has 2 aromatic rings. The quantitative estimate of drug-likeness (QED) is 0.237. The molecule has 0 bridgehead atoms. The number of aromatic nitrogens is 1. The number of carbonyl (C=O) groups is 2. The van der Waals surface area contributed by atoms with E-state index in [1.165, 1.54) is 17.4 Å². The molecule has 1 aromatic heterocycles. The fraction of sp³-hybridized carbons (Fsp3) is 0.464. The van der Waals surface area contributed by atoms with Crippen molar-refractivity contribution in [3.05, 3.63) is 62.2 Å². The first-order valence-electron chi connectivity index (χ1n) is 13.7. The summed E-state index contributed by atoms with van der Waals surface area (Å²) in [5.41, 5.74) is -0.211. The van der Waals surface area contributed by atoms with Crippen molar-refractivity contribution in [1.29, 1.82) is 0 Å². The Morgan fingerprint density at radius 2 is 2.05 bits per heavy atom. The summed E-state index contributed by atoms with van der Waals surface area (Å²) in [6.45, 7) is 8.08. The molecule has 2 saturated heterocycles. The molecule has 1 aromatic carbocycles. The standard InChI is InChI=1S/C28H31ClF2N6O4S2/c1-4-41-25(38)19-18(13-35-8-9-37-15(11-35)12-36(27(37)42)14-28(2,3)26(39)40)33-23(24-32-7-10-43-24)34-22(19)16-5-6-17(30)21(31)20(16)29/h5-7,10,15,22H,4,8-9,11-14H2,1-3H3,(H,33,34)(H,39,40). The molecule has 5 rings (SSSR count). The van der Waals surface area contributed by atoms with Crippen LogP contribution < -0.4 is 5.32 Å². The van der Waals surface area contributed by atoms with E-state index in [4.69, 9.17) is 33.5 Å². The Labute approximate surface area is 262 Å². The maximum Gasteiger partial charge on any atom is 0.338 e. The van der Waals surface area contributed by atoms with Crippen molar-refractivity contribution in [2.24, 2.45) is 10.4 Å². The highest BCUT2D eigenvalue weighted by atomic mass is 35.5. The molecule has 2 unspecified atom stereocenters. The van der Waals surface area contributed by atoms with E-state index in [0.29, 0.717) is 47.8 Å². The van der Waals surface area contributed by atoms with E-state index in [-0.39, 0.29) is 36.9 Å². The molecule has 10 nitrogen and oxygen atoms in total. The summed E-state index contributed by atoms with van der Waals surface area (Å²) in [7, 11) is 0. The van der Waals surface area contributed by atoms with Crippen LogP contribution in [0.4, 0.5) is 8.78 Å². The SMILES string of the molecule is CCOC(=O)C1=C(CN2CCN3C(=S)N(CC(C)(C)C(=O)O)CC3C2)NC(c2nccs2)=NC1c1ccc(F)c(F)c1Cl. The summed E-state index contributed by atoms with van der Waals surface area (Å²) in [5, 5.41) is 15.4. The van der Waals surface area contributed by atoms with Gasteiger partial charge in [0, 0.05) is 62.1 Å². The number of halogens is 3. The molecule has 0 amide bonds. The molecule has 2 fully saturated rings. The number of piperazine rings is 1. The maximum atomic E-state index is 14.6. The molecule has 4 heterocycles. The van der Waals surface area contributed by atoms with Gasteiger partial charge in [-0.25, -0.2) is 18.6 Å². The number of carboxylic acids is 1. The number of aliphatic carboxylic acids is 1. The van der Waals surface area contributed by atoms with Crippen molar-refractivity contribution in [1.82, 2.24) is 25.0 Å². The first-order valence-corrected chi connectivity index (χ1v) is 15.4. The van der Waals surface area contributed by atoms with Gasteiger partial charge in [0.1, 0.15) is 6.04 Å². The topological polar surface area (TPSA) is 111 Å². The monoisotopic (exact) mass is 652 g/mol. The molecule has 3 aliphatic rings. The summed E-state index contributed by atoms with van der Waals surface area (Å²) in [4.78, 5) is 40.4. The second-order valence-electron chi connectivity index (χ2n) is 11.2. The lowest BCUT2D eigenvalue weighted by Crippen LogP contribution is -2.53. The van der Waals surface area contributed by atoms with Gasteiger partial charge < -0.3 is 25.0 Å². The number of thiazole rings is 1. The van der Waals surface area contributed by atoms with Crippen LogP contribution in [0.15, 0.2) is 40.0 Å². The lowest BCUT2D eigenvalue weighted by molar-refractivity contribution is -0.147.